The number of carbonyl (C=O) groups excluding carboxylic acids is 2. The first-order valence-corrected chi connectivity index (χ1v) is 15.9. The molecule has 4 nitrogen and oxygen atoms in total. The molecule has 248 valence electrons. The molecule has 0 spiro atoms. The third-order valence-electron chi connectivity index (χ3n) is 6.84. The second kappa shape index (κ2) is 21.0. The van der Waals surface area contributed by atoms with Gasteiger partial charge in [0.05, 0.1) is 16.9 Å². The molecule has 0 fully saturated rings. The molecular weight excluding hydrogens is 597 g/mol. The van der Waals surface area contributed by atoms with Gasteiger partial charge in [0.1, 0.15) is 0 Å². The van der Waals surface area contributed by atoms with Crippen LogP contribution in [0.2, 0.25) is 0 Å². The van der Waals surface area contributed by atoms with Crippen molar-refractivity contribution in [2.45, 2.75) is 170 Å². The molecule has 0 heterocycles. The summed E-state index contributed by atoms with van der Waals surface area (Å²) in [6.45, 7) is 45.6. The van der Waals surface area contributed by atoms with Crippen molar-refractivity contribution < 1.29 is 51.8 Å². The van der Waals surface area contributed by atoms with Gasteiger partial charge in [-0.25, -0.2) is 0 Å². The molecular formula is C37H73O4Y. The number of esters is 2. The molecule has 0 aliphatic carbocycles. The molecule has 0 rings (SSSR count). The quantitative estimate of drug-likeness (QED) is 0.162. The SMILES string of the molecule is CCC(C)(CC(C)(C)C)C(=O)OC(C)C.C[C-](C)C.[CH2-]C(C)CC([CH-]OC(=O)C(C)(CC)CC(C)(C)C)C(C)(C)C.[Y+3]. The Morgan fingerprint density at radius 2 is 1.07 bits per heavy atom. The molecule has 0 saturated heterocycles. The number of hydrogen-bond donors (Lipinski definition) is 0. The minimum absolute atomic E-state index is 0. The molecule has 0 aromatic carbocycles. The van der Waals surface area contributed by atoms with Gasteiger partial charge in [0.25, 0.3) is 5.97 Å². The van der Waals surface area contributed by atoms with Crippen molar-refractivity contribution >= 4 is 11.9 Å². The van der Waals surface area contributed by atoms with E-state index in [0.717, 1.165) is 32.1 Å². The summed E-state index contributed by atoms with van der Waals surface area (Å²) >= 11 is 0. The van der Waals surface area contributed by atoms with Gasteiger partial charge >= 0.3 is 38.7 Å². The molecule has 0 N–H and O–H groups in total. The first-order chi connectivity index (χ1) is 18.0. The second-order valence-electron chi connectivity index (χ2n) is 17.1. The summed E-state index contributed by atoms with van der Waals surface area (Å²) < 4.78 is 11.0. The predicted octanol–water partition coefficient (Wildman–Crippen LogP) is 11.5. The zero-order chi connectivity index (χ0) is 33.6. The van der Waals surface area contributed by atoms with Crippen molar-refractivity contribution in [1.29, 1.82) is 0 Å². The summed E-state index contributed by atoms with van der Waals surface area (Å²) in [5, 5.41) is 0. The predicted molar refractivity (Wildman–Crippen MR) is 179 cm³/mol. The minimum Gasteiger partial charge on any atom is -0.636 e. The summed E-state index contributed by atoms with van der Waals surface area (Å²) in [4.78, 5) is 24.6. The summed E-state index contributed by atoms with van der Waals surface area (Å²) in [5.41, 5.74) is -0.440. The Balaban J connectivity index is -0.000000313. The van der Waals surface area contributed by atoms with Gasteiger partial charge in [-0.05, 0) is 64.2 Å². The Labute approximate surface area is 290 Å². The summed E-state index contributed by atoms with van der Waals surface area (Å²) in [7, 11) is 0. The van der Waals surface area contributed by atoms with E-state index in [4.69, 9.17) is 9.47 Å². The Kier molecular flexibility index (Phi) is 24.4. The number of carbonyl (C=O) groups is 2. The van der Waals surface area contributed by atoms with Crippen LogP contribution in [-0.2, 0) is 51.8 Å². The molecule has 0 saturated carbocycles. The Bertz CT molecular complexity index is 719. The maximum atomic E-state index is 12.6. The fourth-order valence-electron chi connectivity index (χ4n) is 4.71. The molecule has 4 atom stereocenters. The number of ether oxygens (including phenoxy) is 2. The van der Waals surface area contributed by atoms with Gasteiger partial charge in [-0.2, -0.15) is 33.3 Å². The van der Waals surface area contributed by atoms with Crippen LogP contribution in [0.4, 0.5) is 0 Å². The molecule has 4 unspecified atom stereocenters. The van der Waals surface area contributed by atoms with E-state index >= 15 is 0 Å². The van der Waals surface area contributed by atoms with Crippen LogP contribution in [0.1, 0.15) is 164 Å². The van der Waals surface area contributed by atoms with E-state index in [1.165, 1.54) is 5.92 Å². The monoisotopic (exact) mass is 670 g/mol. The Hall–Kier alpha value is 0.0439. The van der Waals surface area contributed by atoms with Crippen molar-refractivity contribution in [3.05, 3.63) is 19.4 Å². The van der Waals surface area contributed by atoms with Gasteiger partial charge in [0.15, 0.2) is 0 Å². The first kappa shape index (κ1) is 48.9. The van der Waals surface area contributed by atoms with Crippen molar-refractivity contribution in [3.63, 3.8) is 0 Å². The van der Waals surface area contributed by atoms with E-state index in [2.05, 4.69) is 104 Å². The molecule has 0 aliphatic heterocycles. The standard InChI is InChI=1S/C20H38O2.C13H26O2.C4H9.Y/c1-11-20(10,14-18(4,5)6)17(21)22-13-16(12-15(2)3)19(7,8)9;1-8-13(7,9-12(4,5)6)11(14)15-10(2)3;1-4(2)3;/h13,15-16H,2,11-12,14H2,1,3-10H3;10H,8-9H2,1-7H3;1-3H3;/q-2;;-1;+3. The summed E-state index contributed by atoms with van der Waals surface area (Å²) in [6.07, 6.45) is 4.22. The fourth-order valence-corrected chi connectivity index (χ4v) is 4.71. The van der Waals surface area contributed by atoms with Gasteiger partial charge in [0.2, 0.25) is 0 Å². The molecule has 0 aromatic heterocycles. The molecule has 42 heavy (non-hydrogen) atoms. The van der Waals surface area contributed by atoms with Crippen LogP contribution in [0.5, 0.6) is 0 Å². The number of hydrogen-bond acceptors (Lipinski definition) is 4. The van der Waals surface area contributed by atoms with Crippen LogP contribution in [0.15, 0.2) is 0 Å². The van der Waals surface area contributed by atoms with Crippen LogP contribution < -0.4 is 0 Å². The normalized spacial score (nSPS) is 16.3. The maximum absolute atomic E-state index is 12.6. The average molecular weight is 671 g/mol. The zero-order valence-corrected chi connectivity index (χ0v) is 34.6. The topological polar surface area (TPSA) is 52.6 Å². The molecule has 0 aliphatic rings. The third-order valence-corrected chi connectivity index (χ3v) is 6.84. The van der Waals surface area contributed by atoms with E-state index in [-0.39, 0.29) is 78.3 Å². The van der Waals surface area contributed by atoms with Gasteiger partial charge in [-0.3, -0.25) is 9.59 Å². The van der Waals surface area contributed by atoms with Gasteiger partial charge < -0.3 is 22.3 Å². The Morgan fingerprint density at radius 1 is 0.738 bits per heavy atom. The van der Waals surface area contributed by atoms with Crippen molar-refractivity contribution in [3.8, 4) is 0 Å². The van der Waals surface area contributed by atoms with Gasteiger partial charge in [-0.1, -0.05) is 94.9 Å². The van der Waals surface area contributed by atoms with Crippen LogP contribution in [-0.4, -0.2) is 18.0 Å². The van der Waals surface area contributed by atoms with Crippen molar-refractivity contribution in [1.82, 2.24) is 0 Å². The van der Waals surface area contributed by atoms with E-state index < -0.39 is 5.41 Å². The number of rotatable bonds is 11. The summed E-state index contributed by atoms with van der Waals surface area (Å²) in [6, 6.07) is 0. The minimum atomic E-state index is -0.423. The van der Waals surface area contributed by atoms with Gasteiger partial charge in [-0.15, -0.1) is 5.92 Å². The average Bonchev–Trinajstić information content (AvgIpc) is 2.72. The molecule has 0 bridgehead atoms. The molecule has 0 radical (unpaired) electrons. The van der Waals surface area contributed by atoms with Crippen LogP contribution >= 0.6 is 0 Å². The largest absolute Gasteiger partial charge is 3.00 e. The molecule has 5 heteroatoms. The molecule has 0 aromatic rings. The van der Waals surface area contributed by atoms with E-state index in [0.29, 0.717) is 5.92 Å². The fraction of sp³-hybridized carbons (Fsp3) is 0.865. The second-order valence-corrected chi connectivity index (χ2v) is 17.1. The van der Waals surface area contributed by atoms with Crippen LogP contribution in [0.3, 0.4) is 0 Å². The zero-order valence-electron chi connectivity index (χ0n) is 31.8. The first-order valence-electron chi connectivity index (χ1n) is 15.9. The van der Waals surface area contributed by atoms with E-state index in [9.17, 15) is 9.59 Å². The Morgan fingerprint density at radius 3 is 1.31 bits per heavy atom. The van der Waals surface area contributed by atoms with Crippen molar-refractivity contribution in [2.75, 3.05) is 0 Å². The maximum Gasteiger partial charge on any atom is 3.00 e. The van der Waals surface area contributed by atoms with Crippen LogP contribution in [0, 0.1) is 58.4 Å². The van der Waals surface area contributed by atoms with E-state index in [1.807, 2.05) is 34.6 Å². The van der Waals surface area contributed by atoms with E-state index in [1.54, 1.807) is 6.61 Å². The van der Waals surface area contributed by atoms with Crippen LogP contribution in [0.25, 0.3) is 0 Å². The van der Waals surface area contributed by atoms with Gasteiger partial charge in [0, 0.05) is 0 Å². The smallest absolute Gasteiger partial charge is 0.636 e. The van der Waals surface area contributed by atoms with Crippen molar-refractivity contribution in [2.24, 2.45) is 38.9 Å². The summed E-state index contributed by atoms with van der Waals surface area (Å²) in [5.74, 6) is 1.82. The molecule has 0 amide bonds. The third kappa shape index (κ3) is 25.4.